The van der Waals surface area contributed by atoms with Crippen molar-refractivity contribution in [3.8, 4) is 17.2 Å². The third-order valence-electron chi connectivity index (χ3n) is 1.62. The molecule has 13 heavy (non-hydrogen) atoms. The smallest absolute Gasteiger partial charge is 0.308 e. The van der Waals surface area contributed by atoms with Crippen molar-refractivity contribution >= 4 is 5.97 Å². The van der Waals surface area contributed by atoms with E-state index in [1.165, 1.54) is 26.0 Å². The van der Waals surface area contributed by atoms with Gasteiger partial charge >= 0.3 is 5.97 Å². The third kappa shape index (κ3) is 1.90. The maximum absolute atomic E-state index is 10.6. The average molecular weight is 182 g/mol. The number of carbonyl (C=O) groups is 1. The molecule has 4 heteroatoms. The molecule has 0 aliphatic carbocycles. The predicted octanol–water partition coefficient (Wildman–Crippen LogP) is 1.33. The van der Waals surface area contributed by atoms with Gasteiger partial charge in [-0.1, -0.05) is 0 Å². The molecule has 0 aromatic heterocycles. The number of aromatic hydroxyl groups is 2. The predicted molar refractivity (Wildman–Crippen MR) is 45.8 cm³/mol. The standard InChI is InChI=1S/C9H10O4/c1-5-7(11)3-4-8(9(5)12)13-6(2)10/h3-4,11-12H,1-2H3. The van der Waals surface area contributed by atoms with E-state index in [9.17, 15) is 9.90 Å². The van der Waals surface area contributed by atoms with E-state index in [0.29, 0.717) is 5.56 Å². The number of esters is 1. The molecule has 0 bridgehead atoms. The molecule has 0 atom stereocenters. The van der Waals surface area contributed by atoms with Gasteiger partial charge < -0.3 is 14.9 Å². The topological polar surface area (TPSA) is 66.8 Å². The van der Waals surface area contributed by atoms with Crippen LogP contribution in [0, 0.1) is 6.92 Å². The Hall–Kier alpha value is -1.71. The lowest BCUT2D eigenvalue weighted by Gasteiger charge is -2.07. The number of hydrogen-bond acceptors (Lipinski definition) is 4. The lowest BCUT2D eigenvalue weighted by molar-refractivity contribution is -0.132. The van der Waals surface area contributed by atoms with Gasteiger partial charge in [0, 0.05) is 12.5 Å². The van der Waals surface area contributed by atoms with Gasteiger partial charge in [0.15, 0.2) is 11.5 Å². The zero-order chi connectivity index (χ0) is 10.0. The molecule has 0 radical (unpaired) electrons. The van der Waals surface area contributed by atoms with Crippen LogP contribution >= 0.6 is 0 Å². The minimum absolute atomic E-state index is 0.0339. The minimum Gasteiger partial charge on any atom is -0.508 e. The number of ether oxygens (including phenoxy) is 1. The fourth-order valence-corrected chi connectivity index (χ4v) is 0.902. The maximum Gasteiger partial charge on any atom is 0.308 e. The van der Waals surface area contributed by atoms with Crippen LogP contribution in [0.5, 0.6) is 17.2 Å². The number of phenolic OH excluding ortho intramolecular Hbond substituents is 2. The van der Waals surface area contributed by atoms with Crippen LogP contribution in [0.15, 0.2) is 12.1 Å². The molecular weight excluding hydrogens is 172 g/mol. The molecule has 1 aromatic carbocycles. The highest BCUT2D eigenvalue weighted by Gasteiger charge is 2.10. The van der Waals surface area contributed by atoms with Crippen molar-refractivity contribution in [3.05, 3.63) is 17.7 Å². The highest BCUT2D eigenvalue weighted by Crippen LogP contribution is 2.34. The molecule has 0 heterocycles. The Labute approximate surface area is 75.4 Å². The van der Waals surface area contributed by atoms with Crippen molar-refractivity contribution in [2.45, 2.75) is 13.8 Å². The fraction of sp³-hybridized carbons (Fsp3) is 0.222. The Balaban J connectivity index is 3.10. The number of benzene rings is 1. The van der Waals surface area contributed by atoms with Crippen molar-refractivity contribution in [3.63, 3.8) is 0 Å². The van der Waals surface area contributed by atoms with E-state index < -0.39 is 5.97 Å². The zero-order valence-corrected chi connectivity index (χ0v) is 7.37. The Bertz CT molecular complexity index is 344. The summed E-state index contributed by atoms with van der Waals surface area (Å²) in [6.07, 6.45) is 0. The van der Waals surface area contributed by atoms with Crippen LogP contribution in [-0.4, -0.2) is 16.2 Å². The zero-order valence-electron chi connectivity index (χ0n) is 7.37. The molecule has 70 valence electrons. The SMILES string of the molecule is CC(=O)Oc1ccc(O)c(C)c1O. The second-order valence-corrected chi connectivity index (χ2v) is 2.65. The summed E-state index contributed by atoms with van der Waals surface area (Å²) in [5, 5.41) is 18.5. The summed E-state index contributed by atoms with van der Waals surface area (Å²) in [4.78, 5) is 10.6. The Morgan fingerprint density at radius 3 is 2.54 bits per heavy atom. The number of carbonyl (C=O) groups excluding carboxylic acids is 1. The summed E-state index contributed by atoms with van der Waals surface area (Å²) in [6.45, 7) is 2.76. The molecule has 1 rings (SSSR count). The van der Waals surface area contributed by atoms with Crippen LogP contribution in [0.1, 0.15) is 12.5 Å². The first-order chi connectivity index (χ1) is 6.02. The summed E-state index contributed by atoms with van der Waals surface area (Å²) in [6, 6.07) is 2.69. The lowest BCUT2D eigenvalue weighted by atomic mass is 10.2. The average Bonchev–Trinajstić information content (AvgIpc) is 2.06. The van der Waals surface area contributed by atoms with E-state index in [2.05, 4.69) is 4.74 Å². The minimum atomic E-state index is -0.514. The van der Waals surface area contributed by atoms with Crippen LogP contribution in [0.25, 0.3) is 0 Å². The molecule has 0 unspecified atom stereocenters. The Morgan fingerprint density at radius 2 is 2.00 bits per heavy atom. The molecule has 4 nitrogen and oxygen atoms in total. The summed E-state index contributed by atoms with van der Waals surface area (Å²) in [5.41, 5.74) is 0.291. The molecule has 0 saturated heterocycles. The molecule has 0 saturated carbocycles. The van der Waals surface area contributed by atoms with Crippen LogP contribution < -0.4 is 4.74 Å². The highest BCUT2D eigenvalue weighted by atomic mass is 16.5. The molecule has 0 amide bonds. The van der Waals surface area contributed by atoms with Gasteiger partial charge in [0.2, 0.25) is 0 Å². The van der Waals surface area contributed by atoms with Crippen LogP contribution in [0.2, 0.25) is 0 Å². The lowest BCUT2D eigenvalue weighted by Crippen LogP contribution is -2.01. The molecule has 2 N–H and O–H groups in total. The second-order valence-electron chi connectivity index (χ2n) is 2.65. The number of hydrogen-bond donors (Lipinski definition) is 2. The second kappa shape index (κ2) is 3.35. The number of phenols is 2. The van der Waals surface area contributed by atoms with Gasteiger partial charge in [-0.25, -0.2) is 0 Å². The molecule has 0 aliphatic heterocycles. The molecule has 0 fully saturated rings. The third-order valence-corrected chi connectivity index (χ3v) is 1.62. The van der Waals surface area contributed by atoms with Crippen molar-refractivity contribution in [1.82, 2.24) is 0 Å². The molecule has 1 aromatic rings. The largest absolute Gasteiger partial charge is 0.508 e. The maximum atomic E-state index is 10.6. The summed E-state index contributed by atoms with van der Waals surface area (Å²) >= 11 is 0. The van der Waals surface area contributed by atoms with E-state index in [1.54, 1.807) is 0 Å². The quantitative estimate of drug-likeness (QED) is 0.508. The first-order valence-corrected chi connectivity index (χ1v) is 3.72. The van der Waals surface area contributed by atoms with Gasteiger partial charge in [0.1, 0.15) is 5.75 Å². The van der Waals surface area contributed by atoms with E-state index in [4.69, 9.17) is 5.11 Å². The monoisotopic (exact) mass is 182 g/mol. The van der Waals surface area contributed by atoms with Crippen LogP contribution in [0.4, 0.5) is 0 Å². The summed E-state index contributed by atoms with van der Waals surface area (Å²) < 4.78 is 4.68. The van der Waals surface area contributed by atoms with Crippen LogP contribution in [-0.2, 0) is 4.79 Å². The number of rotatable bonds is 1. The molecule has 0 spiro atoms. The van der Waals surface area contributed by atoms with E-state index in [1.807, 2.05) is 0 Å². The van der Waals surface area contributed by atoms with Crippen molar-refractivity contribution < 1.29 is 19.7 Å². The van der Waals surface area contributed by atoms with Gasteiger partial charge in [-0.3, -0.25) is 4.79 Å². The van der Waals surface area contributed by atoms with Gasteiger partial charge in [0.05, 0.1) is 0 Å². The van der Waals surface area contributed by atoms with Crippen LogP contribution in [0.3, 0.4) is 0 Å². The van der Waals surface area contributed by atoms with Gasteiger partial charge in [-0.2, -0.15) is 0 Å². The van der Waals surface area contributed by atoms with Gasteiger partial charge in [-0.15, -0.1) is 0 Å². The fourth-order valence-electron chi connectivity index (χ4n) is 0.902. The molecule has 0 aliphatic rings. The van der Waals surface area contributed by atoms with E-state index >= 15 is 0 Å². The Morgan fingerprint density at radius 1 is 1.38 bits per heavy atom. The first-order valence-electron chi connectivity index (χ1n) is 3.72. The first kappa shape index (κ1) is 9.38. The van der Waals surface area contributed by atoms with E-state index in [-0.39, 0.29) is 17.2 Å². The van der Waals surface area contributed by atoms with E-state index in [0.717, 1.165) is 0 Å². The summed E-state index contributed by atoms with van der Waals surface area (Å²) in [5.74, 6) is -0.702. The Kier molecular flexibility index (Phi) is 2.41. The van der Waals surface area contributed by atoms with Gasteiger partial charge in [0.25, 0.3) is 0 Å². The van der Waals surface area contributed by atoms with Crippen molar-refractivity contribution in [2.75, 3.05) is 0 Å². The highest BCUT2D eigenvalue weighted by molar-refractivity contribution is 5.71. The van der Waals surface area contributed by atoms with Crippen molar-refractivity contribution in [1.29, 1.82) is 0 Å². The summed E-state index contributed by atoms with van der Waals surface area (Å²) in [7, 11) is 0. The molecular formula is C9H10O4. The van der Waals surface area contributed by atoms with Gasteiger partial charge in [-0.05, 0) is 19.1 Å². The van der Waals surface area contributed by atoms with Crippen molar-refractivity contribution in [2.24, 2.45) is 0 Å². The normalized spacial score (nSPS) is 9.69.